The fourth-order valence-electron chi connectivity index (χ4n) is 14.5. The molecule has 560 valence electrons. The molecule has 3 fully saturated rings. The Bertz CT molecular complexity index is 4310. The van der Waals surface area contributed by atoms with Gasteiger partial charge in [0.1, 0.15) is 23.2 Å². The van der Waals surface area contributed by atoms with Gasteiger partial charge in [-0.2, -0.15) is 0 Å². The van der Waals surface area contributed by atoms with Crippen molar-refractivity contribution in [2.45, 2.75) is 175 Å². The van der Waals surface area contributed by atoms with Crippen LogP contribution < -0.4 is 33.6 Å². The van der Waals surface area contributed by atoms with Gasteiger partial charge in [0.2, 0.25) is 11.8 Å². The number of carbonyl (C=O) groups excluding carboxylic acids is 5. The number of nitrogens with one attached hydrogen (secondary N) is 2. The van der Waals surface area contributed by atoms with Gasteiger partial charge in [0.25, 0.3) is 0 Å². The van der Waals surface area contributed by atoms with Gasteiger partial charge in [-0.25, -0.2) is 15.0 Å². The number of halogens is 3. The van der Waals surface area contributed by atoms with Crippen LogP contribution in [0.2, 0.25) is 13.0 Å². The number of aliphatic carboxylic acids is 1. The third kappa shape index (κ3) is 24.2. The highest BCUT2D eigenvalue weighted by Crippen LogP contribution is 2.42. The van der Waals surface area contributed by atoms with Gasteiger partial charge in [0.15, 0.2) is 11.6 Å². The van der Waals surface area contributed by atoms with Crippen LogP contribution in [0.15, 0.2) is 146 Å². The molecule has 12 rings (SSSR count). The largest absolute Gasteiger partial charge is 0.481 e. The van der Waals surface area contributed by atoms with E-state index >= 15 is 0 Å². The number of carboxylic acid groups (broad SMARTS) is 1. The third-order valence-corrected chi connectivity index (χ3v) is 24.4. The molecular weight excluding hydrogens is 1450 g/mol. The first-order chi connectivity index (χ1) is 50.7. The lowest BCUT2D eigenvalue weighted by Crippen LogP contribution is -2.41. The fourth-order valence-corrected chi connectivity index (χ4v) is 17.8. The summed E-state index contributed by atoms with van der Waals surface area (Å²) in [5.41, 5.74) is 35.6. The van der Waals surface area contributed by atoms with Crippen molar-refractivity contribution >= 4 is 121 Å². The number of pyridine rings is 3. The van der Waals surface area contributed by atoms with Crippen molar-refractivity contribution in [2.75, 3.05) is 17.2 Å². The molecule has 0 aliphatic heterocycles. The highest BCUT2D eigenvalue weighted by atomic mass is 35.5. The zero-order valence-corrected chi connectivity index (χ0v) is 65.9. The van der Waals surface area contributed by atoms with Crippen LogP contribution in [0, 0.1) is 56.3 Å². The monoisotopic (exact) mass is 1550 g/mol. The molecule has 6 heterocycles. The quantitative estimate of drug-likeness (QED) is 0.0265. The summed E-state index contributed by atoms with van der Waals surface area (Å²) in [4.78, 5) is 89.7. The predicted molar refractivity (Wildman–Crippen MR) is 435 cm³/mol. The Hall–Kier alpha value is -8.14. The molecule has 0 spiro atoms. The maximum atomic E-state index is 12.9. The number of Topliss-reactive ketones (excluding diaryl/α,β-unsaturated/α-hetero) is 3. The first kappa shape index (κ1) is 81.9. The van der Waals surface area contributed by atoms with Crippen LogP contribution >= 0.6 is 68.8 Å². The molecular formula is C84H98Cl3N9O7S3. The maximum Gasteiger partial charge on any atom is 0.306 e. The van der Waals surface area contributed by atoms with E-state index in [0.717, 1.165) is 124 Å². The minimum Gasteiger partial charge on any atom is -0.481 e. The van der Waals surface area contributed by atoms with E-state index in [-0.39, 0.29) is 53.0 Å². The Kier molecular flexibility index (Phi) is 30.6. The molecule has 3 saturated carbocycles. The van der Waals surface area contributed by atoms with Gasteiger partial charge in [-0.15, -0.1) is 34.0 Å². The van der Waals surface area contributed by atoms with E-state index in [1.165, 1.54) is 48.0 Å². The summed E-state index contributed by atoms with van der Waals surface area (Å²) in [6, 6.07) is 46.9. The lowest BCUT2D eigenvalue weighted by atomic mass is 9.93. The molecule has 3 aliphatic rings. The Morgan fingerprint density at radius 2 is 0.726 bits per heavy atom. The highest BCUT2D eigenvalue weighted by molar-refractivity contribution is 7.20. The van der Waals surface area contributed by atoms with Gasteiger partial charge in [0.05, 0.1) is 37.1 Å². The number of thiophene rings is 3. The van der Waals surface area contributed by atoms with E-state index in [2.05, 4.69) is 111 Å². The number of amides is 2. The normalized spacial score (nSPS) is 18.2. The molecule has 6 aromatic heterocycles. The second-order valence-electron chi connectivity index (χ2n) is 28.5. The first-order valence-electron chi connectivity index (χ1n) is 36.6. The number of nitrogens with two attached hydrogens (primary N) is 4. The van der Waals surface area contributed by atoms with Gasteiger partial charge < -0.3 is 38.7 Å². The number of rotatable bonds is 26. The summed E-state index contributed by atoms with van der Waals surface area (Å²) in [5, 5.41) is 15.1. The Morgan fingerprint density at radius 3 is 1.01 bits per heavy atom. The number of nitrogen functional groups attached to an aromatic ring is 3. The summed E-state index contributed by atoms with van der Waals surface area (Å²) < 4.78 is 2.37. The molecule has 2 amide bonds. The van der Waals surface area contributed by atoms with Gasteiger partial charge in [-0.05, 0) is 260 Å². The van der Waals surface area contributed by atoms with Crippen LogP contribution in [-0.4, -0.2) is 73.3 Å². The van der Waals surface area contributed by atoms with Crippen molar-refractivity contribution < 1.29 is 33.9 Å². The number of carbonyl (C=O) groups is 6. The standard InChI is InChI=1S/2C28H32ClN3O2S.C17H17ClO2S.C11H17N3O/c2*1-17-20(10-14-27(30)31-17)9-11-24(33)18(2)32-28(34)22-8-7-19(16-22)15-21-5-3-4-6-23(21)25-12-13-26(29)35-25;18-16-8-7-15(21-16)14-4-2-1-3-12(14)9-11-5-6-13(10-11)17(19)20;1-7(12)10(15)5-3-9-4-6-11(13)14-8(9)2/h2*3-6,10,12-14,18-19,22H,7-9,11,15-16H2,1-2H3,(H2,30,31)(H,32,34);1-4,7-8,11,13H,5-6,9-10H2,(H,19,20);4,6-7H,3,5,12H2,1-2H3,(H2,13,14)/t2*18-,19-,22+;11-,13+;7-/m0000/s1. The summed E-state index contributed by atoms with van der Waals surface area (Å²) in [5.74, 6) is 2.11. The Morgan fingerprint density at radius 1 is 0.425 bits per heavy atom. The molecule has 22 heteroatoms. The lowest BCUT2D eigenvalue weighted by Gasteiger charge is -2.17. The van der Waals surface area contributed by atoms with Gasteiger partial charge in [-0.3, -0.25) is 28.8 Å². The van der Waals surface area contributed by atoms with Crippen LogP contribution in [0.4, 0.5) is 17.5 Å². The van der Waals surface area contributed by atoms with E-state index in [1.54, 1.807) is 73.0 Å². The average Bonchev–Trinajstić information content (AvgIpc) is 1.67. The molecule has 0 unspecified atom stereocenters. The van der Waals surface area contributed by atoms with E-state index < -0.39 is 18.1 Å². The van der Waals surface area contributed by atoms with E-state index in [9.17, 15) is 28.8 Å². The third-order valence-electron chi connectivity index (χ3n) is 20.6. The van der Waals surface area contributed by atoms with Crippen LogP contribution in [0.5, 0.6) is 0 Å². The Balaban J connectivity index is 0.000000172. The minimum atomic E-state index is -0.643. The van der Waals surface area contributed by atoms with Crippen molar-refractivity contribution in [3.8, 4) is 31.3 Å². The number of hydrogen-bond acceptors (Lipinski definition) is 16. The number of anilines is 3. The van der Waals surface area contributed by atoms with Crippen molar-refractivity contribution in [1.29, 1.82) is 0 Å². The number of hydrogen-bond donors (Lipinski definition) is 7. The van der Waals surface area contributed by atoms with E-state index in [0.29, 0.717) is 73.7 Å². The molecule has 3 aliphatic carbocycles. The molecule has 11 N–H and O–H groups in total. The number of aryl methyl sites for hydroxylation is 6. The topological polar surface area (TPSA) is 289 Å². The molecule has 9 atom stereocenters. The van der Waals surface area contributed by atoms with Crippen LogP contribution in [0.3, 0.4) is 0 Å². The lowest BCUT2D eigenvalue weighted by molar-refractivity contribution is -0.141. The van der Waals surface area contributed by atoms with Crippen molar-refractivity contribution in [3.05, 3.63) is 209 Å². The zero-order valence-electron chi connectivity index (χ0n) is 61.2. The van der Waals surface area contributed by atoms with Crippen molar-refractivity contribution in [2.24, 2.45) is 41.2 Å². The molecule has 9 aromatic rings. The highest BCUT2D eigenvalue weighted by Gasteiger charge is 2.34. The maximum absolute atomic E-state index is 12.9. The summed E-state index contributed by atoms with van der Waals surface area (Å²) in [6.07, 6.45) is 14.0. The second-order valence-corrected chi connectivity index (χ2v) is 33.6. The Labute approximate surface area is 650 Å². The predicted octanol–water partition coefficient (Wildman–Crippen LogP) is 18.0. The molecule has 106 heavy (non-hydrogen) atoms. The van der Waals surface area contributed by atoms with Crippen molar-refractivity contribution in [3.63, 3.8) is 0 Å². The second kappa shape index (κ2) is 39.6. The van der Waals surface area contributed by atoms with E-state index in [4.69, 9.17) is 62.8 Å². The zero-order chi connectivity index (χ0) is 76.1. The number of benzene rings is 3. The van der Waals surface area contributed by atoms with Crippen molar-refractivity contribution in [1.82, 2.24) is 25.6 Å². The molecule has 3 aromatic carbocycles. The summed E-state index contributed by atoms with van der Waals surface area (Å²) in [6.45, 7) is 10.9. The number of aromatic nitrogens is 3. The van der Waals surface area contributed by atoms with Crippen LogP contribution in [-0.2, 0) is 67.3 Å². The average molecular weight is 1550 g/mol. The van der Waals surface area contributed by atoms with Crippen LogP contribution in [0.25, 0.3) is 31.3 Å². The fraction of sp³-hybridized carbons (Fsp3) is 0.393. The molecule has 0 bridgehead atoms. The number of nitrogens with zero attached hydrogens (tertiary/aromatic N) is 3. The SMILES string of the molecule is Cc1nc(N)ccc1CCC(=O)[C@H](C)N.Cc1nc(N)ccc1CCC(=O)[C@H](C)NC(=O)[C@@H]1CC[C@@H](Cc2ccccc2-c2ccc(Cl)s2)C1.Cc1nc(N)ccc1CCC(=O)[C@H](C)NC(=O)[C@@H]1CC[C@@H](Cc2ccccc2-c2ccc(Cl)s2)C1.O=C(O)[C@@H]1CC[C@@H](Cc2ccccc2-c2ccc(Cl)s2)C1. The van der Waals surface area contributed by atoms with Gasteiger partial charge >= 0.3 is 5.97 Å². The summed E-state index contributed by atoms with van der Waals surface area (Å²) >= 11 is 23.1. The van der Waals surface area contributed by atoms with E-state index in [1.807, 2.05) is 63.2 Å². The molecule has 0 radical (unpaired) electrons. The van der Waals surface area contributed by atoms with Gasteiger partial charge in [-0.1, -0.05) is 126 Å². The smallest absolute Gasteiger partial charge is 0.306 e. The van der Waals surface area contributed by atoms with Gasteiger partial charge in [0, 0.05) is 62.8 Å². The number of ketones is 3. The molecule has 16 nitrogen and oxygen atoms in total. The number of carboxylic acids is 1. The summed E-state index contributed by atoms with van der Waals surface area (Å²) in [7, 11) is 0. The minimum absolute atomic E-state index is 0.00277. The first-order valence-corrected chi connectivity index (χ1v) is 40.2. The van der Waals surface area contributed by atoms with Crippen LogP contribution in [0.1, 0.15) is 148 Å². The molecule has 0 saturated heterocycles.